The van der Waals surface area contributed by atoms with Crippen molar-refractivity contribution in [1.29, 1.82) is 0 Å². The van der Waals surface area contributed by atoms with Gasteiger partial charge in [-0.15, -0.1) is 0 Å². The van der Waals surface area contributed by atoms with Gasteiger partial charge in [-0.1, -0.05) is 38.3 Å². The monoisotopic (exact) mass is 248 g/mol. The lowest BCUT2D eigenvalue weighted by Crippen LogP contribution is -2.28. The van der Waals surface area contributed by atoms with Gasteiger partial charge in [0.15, 0.2) is 0 Å². The van der Waals surface area contributed by atoms with Crippen molar-refractivity contribution in [3.05, 3.63) is 29.8 Å². The molecule has 18 heavy (non-hydrogen) atoms. The van der Waals surface area contributed by atoms with Crippen LogP contribution in [0.3, 0.4) is 0 Å². The maximum Gasteiger partial charge on any atom is 0.119 e. The largest absolute Gasteiger partial charge is 0.494 e. The van der Waals surface area contributed by atoms with Crippen LogP contribution >= 0.6 is 0 Å². The van der Waals surface area contributed by atoms with Gasteiger partial charge in [0.2, 0.25) is 0 Å². The van der Waals surface area contributed by atoms with Crippen molar-refractivity contribution in [2.24, 2.45) is 5.41 Å². The molecule has 100 valence electrons. The highest BCUT2D eigenvalue weighted by Gasteiger charge is 2.35. The molecule has 1 atom stereocenters. The van der Waals surface area contributed by atoms with Crippen LogP contribution < -0.4 is 4.74 Å². The van der Waals surface area contributed by atoms with Gasteiger partial charge in [0.25, 0.3) is 0 Å². The molecule has 2 rings (SSSR count). The second-order valence-electron chi connectivity index (χ2n) is 5.62. The molecular weight excluding hydrogens is 224 g/mol. The van der Waals surface area contributed by atoms with Crippen LogP contribution in [0.5, 0.6) is 5.75 Å². The fourth-order valence-electron chi connectivity index (χ4n) is 2.98. The van der Waals surface area contributed by atoms with E-state index in [0.717, 1.165) is 24.2 Å². The van der Waals surface area contributed by atoms with Crippen LogP contribution in [0.1, 0.15) is 57.6 Å². The molecule has 1 unspecified atom stereocenters. The molecular formula is C16H24O2. The van der Waals surface area contributed by atoms with E-state index < -0.39 is 0 Å². The highest BCUT2D eigenvalue weighted by molar-refractivity contribution is 5.30. The van der Waals surface area contributed by atoms with Crippen LogP contribution in [0.15, 0.2) is 24.3 Å². The smallest absolute Gasteiger partial charge is 0.119 e. The average molecular weight is 248 g/mol. The Hall–Kier alpha value is -1.02. The summed E-state index contributed by atoms with van der Waals surface area (Å²) in [5, 5.41) is 10.6. The molecule has 1 aliphatic carbocycles. The quantitative estimate of drug-likeness (QED) is 0.869. The summed E-state index contributed by atoms with van der Waals surface area (Å²) in [6.07, 6.45) is 5.64. The van der Waals surface area contributed by atoms with Gasteiger partial charge in [-0.05, 0) is 42.9 Å². The predicted molar refractivity (Wildman–Crippen MR) is 73.8 cm³/mol. The maximum absolute atomic E-state index is 10.6. The number of rotatable bonds is 4. The summed E-state index contributed by atoms with van der Waals surface area (Å²) in [6, 6.07) is 7.90. The van der Waals surface area contributed by atoms with Crippen molar-refractivity contribution in [3.63, 3.8) is 0 Å². The van der Waals surface area contributed by atoms with E-state index in [-0.39, 0.29) is 11.5 Å². The number of hydrogen-bond acceptors (Lipinski definition) is 2. The van der Waals surface area contributed by atoms with E-state index in [0.29, 0.717) is 6.61 Å². The standard InChI is InChI=1S/C16H24O2/c1-3-18-14-9-7-8-13(12-14)15(17)16(2)10-5-4-6-11-16/h7-9,12,15,17H,3-6,10-11H2,1-2H3. The first-order valence-electron chi connectivity index (χ1n) is 7.06. The van der Waals surface area contributed by atoms with Crippen LogP contribution in [0.2, 0.25) is 0 Å². The van der Waals surface area contributed by atoms with E-state index >= 15 is 0 Å². The first-order chi connectivity index (χ1) is 8.65. The molecule has 1 aromatic rings. The van der Waals surface area contributed by atoms with E-state index in [1.165, 1.54) is 19.3 Å². The molecule has 0 radical (unpaired) electrons. The third-order valence-corrected chi connectivity index (χ3v) is 4.14. The Morgan fingerprint density at radius 2 is 2.00 bits per heavy atom. The Kier molecular flexibility index (Phi) is 4.28. The van der Waals surface area contributed by atoms with Crippen molar-refractivity contribution >= 4 is 0 Å². The second kappa shape index (κ2) is 5.75. The minimum absolute atomic E-state index is 0.0308. The Labute approximate surface area is 110 Å². The summed E-state index contributed by atoms with van der Waals surface area (Å²) >= 11 is 0. The Bertz CT molecular complexity index is 380. The van der Waals surface area contributed by atoms with Gasteiger partial charge in [0.05, 0.1) is 12.7 Å². The minimum atomic E-state index is -0.377. The zero-order chi connectivity index (χ0) is 13.0. The summed E-state index contributed by atoms with van der Waals surface area (Å²) in [6.45, 7) is 4.85. The molecule has 0 aliphatic heterocycles. The summed E-state index contributed by atoms with van der Waals surface area (Å²) in [5.74, 6) is 0.855. The molecule has 1 N–H and O–H groups in total. The Morgan fingerprint density at radius 3 is 2.67 bits per heavy atom. The highest BCUT2D eigenvalue weighted by atomic mass is 16.5. The number of hydrogen-bond donors (Lipinski definition) is 1. The van der Waals surface area contributed by atoms with Gasteiger partial charge in [-0.3, -0.25) is 0 Å². The third kappa shape index (κ3) is 2.86. The maximum atomic E-state index is 10.6. The first-order valence-corrected chi connectivity index (χ1v) is 7.06. The summed E-state index contributed by atoms with van der Waals surface area (Å²) in [4.78, 5) is 0. The molecule has 0 amide bonds. The van der Waals surface area contributed by atoms with Gasteiger partial charge in [0.1, 0.15) is 5.75 Å². The number of benzene rings is 1. The molecule has 0 heterocycles. The summed E-state index contributed by atoms with van der Waals surface area (Å²) in [7, 11) is 0. The molecule has 2 nitrogen and oxygen atoms in total. The number of ether oxygens (including phenoxy) is 1. The SMILES string of the molecule is CCOc1cccc(C(O)C2(C)CCCCC2)c1. The van der Waals surface area contributed by atoms with Gasteiger partial charge < -0.3 is 9.84 Å². The third-order valence-electron chi connectivity index (χ3n) is 4.14. The fourth-order valence-corrected chi connectivity index (χ4v) is 2.98. The van der Waals surface area contributed by atoms with Crippen molar-refractivity contribution in [1.82, 2.24) is 0 Å². The lowest BCUT2D eigenvalue weighted by atomic mass is 9.70. The topological polar surface area (TPSA) is 29.5 Å². The predicted octanol–water partition coefficient (Wildman–Crippen LogP) is 4.09. The summed E-state index contributed by atoms with van der Waals surface area (Å²) < 4.78 is 5.51. The molecule has 1 fully saturated rings. The van der Waals surface area contributed by atoms with Crippen LogP contribution in [0, 0.1) is 5.41 Å². The minimum Gasteiger partial charge on any atom is -0.494 e. The molecule has 0 spiro atoms. The molecule has 1 saturated carbocycles. The van der Waals surface area contributed by atoms with Crippen molar-refractivity contribution in [2.45, 2.75) is 52.1 Å². The molecule has 0 bridgehead atoms. The normalized spacial score (nSPS) is 20.4. The zero-order valence-corrected chi connectivity index (χ0v) is 11.5. The van der Waals surface area contributed by atoms with Crippen molar-refractivity contribution in [3.8, 4) is 5.75 Å². The first kappa shape index (κ1) is 13.4. The number of aliphatic hydroxyl groups is 1. The molecule has 0 saturated heterocycles. The highest BCUT2D eigenvalue weighted by Crippen LogP contribution is 2.45. The second-order valence-corrected chi connectivity index (χ2v) is 5.62. The Morgan fingerprint density at radius 1 is 1.28 bits per heavy atom. The Balaban J connectivity index is 2.16. The van der Waals surface area contributed by atoms with Gasteiger partial charge >= 0.3 is 0 Å². The van der Waals surface area contributed by atoms with Crippen molar-refractivity contribution < 1.29 is 9.84 Å². The van der Waals surface area contributed by atoms with E-state index in [2.05, 4.69) is 6.92 Å². The van der Waals surface area contributed by atoms with Crippen LogP contribution in [0.25, 0.3) is 0 Å². The lowest BCUT2D eigenvalue weighted by Gasteiger charge is -2.38. The van der Waals surface area contributed by atoms with Crippen LogP contribution in [-0.4, -0.2) is 11.7 Å². The molecule has 2 heteroatoms. The molecule has 0 aromatic heterocycles. The van der Waals surface area contributed by atoms with Crippen LogP contribution in [-0.2, 0) is 0 Å². The zero-order valence-electron chi connectivity index (χ0n) is 11.5. The van der Waals surface area contributed by atoms with E-state index in [1.54, 1.807) is 0 Å². The summed E-state index contributed by atoms with van der Waals surface area (Å²) in [5.41, 5.74) is 1.02. The molecule has 1 aliphatic rings. The van der Waals surface area contributed by atoms with Gasteiger partial charge in [0, 0.05) is 0 Å². The fraction of sp³-hybridized carbons (Fsp3) is 0.625. The lowest BCUT2D eigenvalue weighted by molar-refractivity contribution is 0.00805. The van der Waals surface area contributed by atoms with Gasteiger partial charge in [-0.2, -0.15) is 0 Å². The van der Waals surface area contributed by atoms with E-state index in [4.69, 9.17) is 4.74 Å². The van der Waals surface area contributed by atoms with E-state index in [9.17, 15) is 5.11 Å². The van der Waals surface area contributed by atoms with E-state index in [1.807, 2.05) is 31.2 Å². The number of aliphatic hydroxyl groups excluding tert-OH is 1. The van der Waals surface area contributed by atoms with Crippen molar-refractivity contribution in [2.75, 3.05) is 6.61 Å². The molecule has 1 aromatic carbocycles. The average Bonchev–Trinajstić information content (AvgIpc) is 2.39. The van der Waals surface area contributed by atoms with Gasteiger partial charge in [-0.25, -0.2) is 0 Å². The van der Waals surface area contributed by atoms with Crippen LogP contribution in [0.4, 0.5) is 0 Å².